The van der Waals surface area contributed by atoms with Crippen molar-refractivity contribution in [2.45, 2.75) is 25.4 Å². The van der Waals surface area contributed by atoms with Crippen molar-refractivity contribution in [2.24, 2.45) is 0 Å². The van der Waals surface area contributed by atoms with E-state index in [2.05, 4.69) is 5.32 Å². The number of nitrogens with one attached hydrogen (secondary N) is 1. The Morgan fingerprint density at radius 1 is 1.21 bits per heavy atom. The normalized spacial score (nSPS) is 11.5. The zero-order valence-electron chi connectivity index (χ0n) is 10.2. The highest BCUT2D eigenvalue weighted by atomic mass is 19.4. The van der Waals surface area contributed by atoms with Crippen LogP contribution in [0.5, 0.6) is 0 Å². The fourth-order valence-corrected chi connectivity index (χ4v) is 1.66. The van der Waals surface area contributed by atoms with Crippen LogP contribution in [0.2, 0.25) is 0 Å². The number of nitrogens with zero attached hydrogens (tertiary/aromatic N) is 1. The van der Waals surface area contributed by atoms with E-state index in [4.69, 9.17) is 0 Å². The molecule has 0 radical (unpaired) electrons. The highest BCUT2D eigenvalue weighted by molar-refractivity contribution is 5.39. The minimum atomic E-state index is -4.13. The summed E-state index contributed by atoms with van der Waals surface area (Å²) in [5.41, 5.74) is 0.621. The van der Waals surface area contributed by atoms with Crippen LogP contribution in [-0.2, 0) is 6.42 Å². The van der Waals surface area contributed by atoms with Gasteiger partial charge in [0.2, 0.25) is 0 Å². The molecule has 1 rings (SSSR count). The third kappa shape index (κ3) is 6.19. The molecule has 0 saturated heterocycles. The molecule has 0 amide bonds. The van der Waals surface area contributed by atoms with Crippen LogP contribution in [0.1, 0.15) is 18.4 Å². The molecule has 106 valence electrons. The molecule has 0 bridgehead atoms. The Labute approximate surface area is 108 Å². The topological polar surface area (TPSA) is 55.2 Å². The zero-order valence-corrected chi connectivity index (χ0v) is 10.2. The van der Waals surface area contributed by atoms with E-state index in [1.165, 1.54) is 6.07 Å². The van der Waals surface area contributed by atoms with E-state index in [0.717, 1.165) is 0 Å². The molecule has 1 aromatic carbocycles. The molecule has 0 atom stereocenters. The molecule has 19 heavy (non-hydrogen) atoms. The fraction of sp³-hybridized carbons (Fsp3) is 0.500. The molecular formula is C12H15F3N2O2. The molecule has 0 spiro atoms. The van der Waals surface area contributed by atoms with Crippen molar-refractivity contribution in [3.8, 4) is 0 Å². The number of nitro benzene ring substituents is 1. The van der Waals surface area contributed by atoms with E-state index in [-0.39, 0.29) is 18.7 Å². The number of halogens is 3. The molecule has 0 aliphatic rings. The Morgan fingerprint density at radius 3 is 2.53 bits per heavy atom. The first-order chi connectivity index (χ1) is 8.90. The summed E-state index contributed by atoms with van der Waals surface area (Å²) in [6.45, 7) is 0.669. The van der Waals surface area contributed by atoms with Crippen molar-refractivity contribution in [3.63, 3.8) is 0 Å². The minimum Gasteiger partial charge on any atom is -0.316 e. The second-order valence-electron chi connectivity index (χ2n) is 4.10. The van der Waals surface area contributed by atoms with E-state index in [9.17, 15) is 23.3 Å². The molecule has 0 aromatic heterocycles. The van der Waals surface area contributed by atoms with Crippen molar-refractivity contribution in [1.82, 2.24) is 5.32 Å². The van der Waals surface area contributed by atoms with Crippen molar-refractivity contribution in [1.29, 1.82) is 0 Å². The van der Waals surface area contributed by atoms with Gasteiger partial charge in [-0.2, -0.15) is 13.2 Å². The lowest BCUT2D eigenvalue weighted by Gasteiger charge is -2.07. The van der Waals surface area contributed by atoms with Crippen LogP contribution in [0.25, 0.3) is 0 Å². The van der Waals surface area contributed by atoms with Crippen LogP contribution in [-0.4, -0.2) is 24.2 Å². The van der Waals surface area contributed by atoms with Gasteiger partial charge in [-0.3, -0.25) is 10.1 Å². The number of alkyl halides is 3. The third-order valence-corrected chi connectivity index (χ3v) is 2.57. The van der Waals surface area contributed by atoms with Gasteiger partial charge in [0.1, 0.15) is 0 Å². The number of nitro groups is 1. The van der Waals surface area contributed by atoms with Crippen LogP contribution < -0.4 is 5.32 Å². The van der Waals surface area contributed by atoms with Gasteiger partial charge in [-0.05, 0) is 25.9 Å². The Kier molecular flexibility index (Phi) is 5.75. The summed E-state index contributed by atoms with van der Waals surface area (Å²) in [7, 11) is 0. The first kappa shape index (κ1) is 15.4. The monoisotopic (exact) mass is 276 g/mol. The average Bonchev–Trinajstić information content (AvgIpc) is 2.32. The third-order valence-electron chi connectivity index (χ3n) is 2.57. The number of benzene rings is 1. The molecule has 0 saturated carbocycles. The fourth-order valence-electron chi connectivity index (χ4n) is 1.66. The predicted molar refractivity (Wildman–Crippen MR) is 65.0 cm³/mol. The van der Waals surface area contributed by atoms with E-state index in [0.29, 0.717) is 18.5 Å². The largest absolute Gasteiger partial charge is 0.389 e. The molecule has 4 nitrogen and oxygen atoms in total. The van der Waals surface area contributed by atoms with Crippen LogP contribution in [0.15, 0.2) is 24.3 Å². The number of para-hydroxylation sites is 1. The summed E-state index contributed by atoms with van der Waals surface area (Å²) in [4.78, 5) is 10.3. The molecule has 0 unspecified atom stereocenters. The highest BCUT2D eigenvalue weighted by Gasteiger charge is 2.25. The number of hydrogen-bond acceptors (Lipinski definition) is 3. The summed E-state index contributed by atoms with van der Waals surface area (Å²) in [5, 5.41) is 13.6. The second-order valence-corrected chi connectivity index (χ2v) is 4.10. The molecular weight excluding hydrogens is 261 g/mol. The smallest absolute Gasteiger partial charge is 0.316 e. The van der Waals surface area contributed by atoms with Gasteiger partial charge in [0, 0.05) is 18.1 Å². The van der Waals surface area contributed by atoms with Gasteiger partial charge in [-0.1, -0.05) is 18.2 Å². The van der Waals surface area contributed by atoms with Gasteiger partial charge in [0.25, 0.3) is 5.69 Å². The molecule has 7 heteroatoms. The van der Waals surface area contributed by atoms with Crippen molar-refractivity contribution in [3.05, 3.63) is 39.9 Å². The van der Waals surface area contributed by atoms with E-state index >= 15 is 0 Å². The van der Waals surface area contributed by atoms with Crippen LogP contribution in [0.3, 0.4) is 0 Å². The van der Waals surface area contributed by atoms with Crippen LogP contribution >= 0.6 is 0 Å². The van der Waals surface area contributed by atoms with Gasteiger partial charge in [0.05, 0.1) is 4.92 Å². The first-order valence-electron chi connectivity index (χ1n) is 5.90. The quantitative estimate of drug-likeness (QED) is 0.473. The maximum Gasteiger partial charge on any atom is 0.389 e. The van der Waals surface area contributed by atoms with E-state index in [1.807, 2.05) is 0 Å². The second kappa shape index (κ2) is 7.08. The molecule has 0 fully saturated rings. The lowest BCUT2D eigenvalue weighted by Crippen LogP contribution is -2.20. The lowest BCUT2D eigenvalue weighted by molar-refractivity contribution is -0.385. The van der Waals surface area contributed by atoms with Gasteiger partial charge in [0.15, 0.2) is 0 Å². The summed E-state index contributed by atoms with van der Waals surface area (Å²) >= 11 is 0. The van der Waals surface area contributed by atoms with Crippen molar-refractivity contribution < 1.29 is 18.1 Å². The maximum atomic E-state index is 11.9. The van der Waals surface area contributed by atoms with Crippen LogP contribution in [0, 0.1) is 10.1 Å². The summed E-state index contributed by atoms with van der Waals surface area (Å²) in [5.74, 6) is 0. The zero-order chi connectivity index (χ0) is 14.3. The van der Waals surface area contributed by atoms with Crippen molar-refractivity contribution >= 4 is 5.69 Å². The highest BCUT2D eigenvalue weighted by Crippen LogP contribution is 2.20. The summed E-state index contributed by atoms with van der Waals surface area (Å²) < 4.78 is 35.6. The van der Waals surface area contributed by atoms with Gasteiger partial charge in [-0.15, -0.1) is 0 Å². The van der Waals surface area contributed by atoms with Gasteiger partial charge >= 0.3 is 6.18 Å². The Bertz CT molecular complexity index is 422. The Morgan fingerprint density at radius 2 is 1.89 bits per heavy atom. The number of rotatable bonds is 7. The average molecular weight is 276 g/mol. The molecule has 0 heterocycles. The SMILES string of the molecule is O=[N+]([O-])c1ccccc1CCNCCCC(F)(F)F. The lowest BCUT2D eigenvalue weighted by atomic mass is 10.1. The van der Waals surface area contributed by atoms with Crippen LogP contribution in [0.4, 0.5) is 18.9 Å². The Balaban J connectivity index is 2.28. The van der Waals surface area contributed by atoms with Crippen molar-refractivity contribution in [2.75, 3.05) is 13.1 Å². The van der Waals surface area contributed by atoms with Gasteiger partial charge in [-0.25, -0.2) is 0 Å². The molecule has 0 aliphatic heterocycles. The Hall–Kier alpha value is -1.63. The van der Waals surface area contributed by atoms with E-state index < -0.39 is 17.5 Å². The minimum absolute atomic E-state index is 0.0143. The molecule has 1 N–H and O–H groups in total. The van der Waals surface area contributed by atoms with Gasteiger partial charge < -0.3 is 5.32 Å². The number of hydrogen-bond donors (Lipinski definition) is 1. The summed E-state index contributed by atoms with van der Waals surface area (Å²) in [6.07, 6.45) is -4.51. The maximum absolute atomic E-state index is 11.9. The molecule has 0 aliphatic carbocycles. The predicted octanol–water partition coefficient (Wildman–Crippen LogP) is 3.07. The van der Waals surface area contributed by atoms with E-state index in [1.54, 1.807) is 18.2 Å². The summed E-state index contributed by atoms with van der Waals surface area (Å²) in [6, 6.07) is 6.35. The molecule has 1 aromatic rings. The first-order valence-corrected chi connectivity index (χ1v) is 5.90. The standard InChI is InChI=1S/C12H15F3N2O2/c13-12(14,15)7-3-8-16-9-6-10-4-1-2-5-11(10)17(18)19/h1-2,4-5,16H,3,6-9H2.